The molecule has 0 aliphatic rings. The van der Waals surface area contributed by atoms with E-state index in [-0.39, 0.29) is 38.5 Å². The molecule has 0 bridgehead atoms. The minimum Gasteiger partial charge on any atom is -0.361 e. The molecule has 2 aromatic carbocycles. The van der Waals surface area contributed by atoms with Gasteiger partial charge in [-0.2, -0.15) is 13.2 Å². The fourth-order valence-corrected chi connectivity index (χ4v) is 3.64. The molecule has 11 heteroatoms. The van der Waals surface area contributed by atoms with Gasteiger partial charge in [0.2, 0.25) is 0 Å². The van der Waals surface area contributed by atoms with E-state index in [1.165, 1.54) is 42.5 Å². The van der Waals surface area contributed by atoms with E-state index in [0.717, 1.165) is 4.57 Å². The molecule has 0 spiro atoms. The Morgan fingerprint density at radius 1 is 1.03 bits per heavy atom. The van der Waals surface area contributed by atoms with Crippen LogP contribution in [0, 0.1) is 10.1 Å². The molecule has 0 fully saturated rings. The molecule has 0 atom stereocenters. The molecule has 164 valence electrons. The Kier molecular flexibility index (Phi) is 6.85. The van der Waals surface area contributed by atoms with Crippen LogP contribution < -0.4 is 0 Å². The standard InChI is InChI=1S/C20H14Cl3F3N2O3/c1-2-31-10-27-17(12-5-8-14(22)15(23)9-12)18(28(29)30)16(19(27)20(24,25)26)11-3-6-13(21)7-4-11/h3-9H,2,10H2,1H3. The van der Waals surface area contributed by atoms with Crippen molar-refractivity contribution in [3.8, 4) is 22.4 Å². The quantitative estimate of drug-likeness (QED) is 0.261. The van der Waals surface area contributed by atoms with E-state index in [0.29, 0.717) is 0 Å². The number of ether oxygens (including phenoxy) is 1. The molecule has 0 aliphatic heterocycles. The lowest BCUT2D eigenvalue weighted by Gasteiger charge is -2.16. The van der Waals surface area contributed by atoms with E-state index in [1.807, 2.05) is 0 Å². The predicted octanol–water partition coefficient (Wildman–Crippen LogP) is 7.70. The summed E-state index contributed by atoms with van der Waals surface area (Å²) in [7, 11) is 0. The number of alkyl halides is 3. The summed E-state index contributed by atoms with van der Waals surface area (Å²) in [6, 6.07) is 9.31. The molecule has 0 saturated carbocycles. The highest BCUT2D eigenvalue weighted by Crippen LogP contribution is 2.50. The van der Waals surface area contributed by atoms with Crippen LogP contribution in [0.3, 0.4) is 0 Å². The van der Waals surface area contributed by atoms with Crippen LogP contribution in [0.1, 0.15) is 12.6 Å². The van der Waals surface area contributed by atoms with Crippen molar-refractivity contribution in [2.45, 2.75) is 19.8 Å². The number of rotatable bonds is 6. The molecule has 0 aliphatic carbocycles. The molecule has 0 amide bonds. The molecule has 0 radical (unpaired) electrons. The fraction of sp³-hybridized carbons (Fsp3) is 0.200. The Balaban J connectivity index is 2.49. The van der Waals surface area contributed by atoms with Gasteiger partial charge in [-0.25, -0.2) is 0 Å². The maximum Gasteiger partial charge on any atom is 0.432 e. The summed E-state index contributed by atoms with van der Waals surface area (Å²) in [5.41, 5.74) is -2.75. The van der Waals surface area contributed by atoms with E-state index < -0.39 is 34.8 Å². The number of aromatic nitrogens is 1. The third-order valence-corrected chi connectivity index (χ3v) is 5.43. The third kappa shape index (κ3) is 4.67. The van der Waals surface area contributed by atoms with Gasteiger partial charge in [0.05, 0.1) is 20.5 Å². The summed E-state index contributed by atoms with van der Waals surface area (Å²) < 4.78 is 48.7. The Morgan fingerprint density at radius 3 is 2.16 bits per heavy atom. The molecule has 31 heavy (non-hydrogen) atoms. The highest BCUT2D eigenvalue weighted by Gasteiger charge is 2.45. The van der Waals surface area contributed by atoms with Crippen molar-refractivity contribution in [1.82, 2.24) is 4.57 Å². The van der Waals surface area contributed by atoms with Crippen LogP contribution in [0.15, 0.2) is 42.5 Å². The van der Waals surface area contributed by atoms with Crippen LogP contribution in [-0.2, 0) is 17.6 Å². The zero-order valence-corrected chi connectivity index (χ0v) is 18.1. The van der Waals surface area contributed by atoms with Gasteiger partial charge in [0.25, 0.3) is 0 Å². The number of hydrogen-bond donors (Lipinski definition) is 0. The Hall–Kier alpha value is -2.26. The lowest BCUT2D eigenvalue weighted by Crippen LogP contribution is -2.17. The summed E-state index contributed by atoms with van der Waals surface area (Å²) in [6.07, 6.45) is -4.93. The van der Waals surface area contributed by atoms with Gasteiger partial charge in [0.1, 0.15) is 18.1 Å². The van der Waals surface area contributed by atoms with Crippen LogP contribution in [0.25, 0.3) is 22.4 Å². The number of benzene rings is 2. The summed E-state index contributed by atoms with van der Waals surface area (Å²) in [5, 5.41) is 12.5. The highest BCUT2D eigenvalue weighted by atomic mass is 35.5. The summed E-state index contributed by atoms with van der Waals surface area (Å²) in [4.78, 5) is 11.2. The second-order valence-electron chi connectivity index (χ2n) is 6.36. The maximum atomic E-state index is 14.2. The normalized spacial score (nSPS) is 11.7. The first kappa shape index (κ1) is 23.4. The van der Waals surface area contributed by atoms with Crippen LogP contribution in [-0.4, -0.2) is 16.1 Å². The number of nitro groups is 1. The van der Waals surface area contributed by atoms with Gasteiger partial charge in [-0.15, -0.1) is 0 Å². The zero-order valence-electron chi connectivity index (χ0n) is 15.8. The molecule has 1 aromatic heterocycles. The molecule has 1 heterocycles. The van der Waals surface area contributed by atoms with Gasteiger partial charge in [-0.1, -0.05) is 53.0 Å². The first-order valence-corrected chi connectivity index (χ1v) is 9.96. The van der Waals surface area contributed by atoms with Crippen LogP contribution in [0.5, 0.6) is 0 Å². The highest BCUT2D eigenvalue weighted by molar-refractivity contribution is 6.42. The second kappa shape index (κ2) is 9.08. The van der Waals surface area contributed by atoms with Crippen LogP contribution in [0.4, 0.5) is 18.9 Å². The van der Waals surface area contributed by atoms with Crippen molar-refractivity contribution >= 4 is 40.5 Å². The average molecular weight is 494 g/mol. The minimum atomic E-state index is -4.93. The first-order valence-electron chi connectivity index (χ1n) is 8.83. The molecule has 0 saturated heterocycles. The van der Waals surface area contributed by atoms with Crippen molar-refractivity contribution in [2.24, 2.45) is 0 Å². The van der Waals surface area contributed by atoms with Gasteiger partial charge in [-0.3, -0.25) is 10.1 Å². The summed E-state index contributed by atoms with van der Waals surface area (Å²) in [5.74, 6) is 0. The predicted molar refractivity (Wildman–Crippen MR) is 114 cm³/mol. The first-order chi connectivity index (χ1) is 14.6. The molecule has 0 N–H and O–H groups in total. The van der Waals surface area contributed by atoms with Gasteiger partial charge in [0, 0.05) is 17.2 Å². The van der Waals surface area contributed by atoms with Crippen molar-refractivity contribution in [3.63, 3.8) is 0 Å². The monoisotopic (exact) mass is 492 g/mol. The summed E-state index contributed by atoms with van der Waals surface area (Å²) >= 11 is 17.8. The van der Waals surface area contributed by atoms with Crippen molar-refractivity contribution < 1.29 is 22.8 Å². The lowest BCUT2D eigenvalue weighted by atomic mass is 10.0. The Labute approximate surface area is 190 Å². The van der Waals surface area contributed by atoms with Crippen LogP contribution in [0.2, 0.25) is 15.1 Å². The van der Waals surface area contributed by atoms with Crippen molar-refractivity contribution in [3.05, 3.63) is 73.3 Å². The molecule has 5 nitrogen and oxygen atoms in total. The summed E-state index contributed by atoms with van der Waals surface area (Å²) in [6.45, 7) is 1.14. The molecular formula is C20H14Cl3F3N2O3. The second-order valence-corrected chi connectivity index (χ2v) is 7.61. The van der Waals surface area contributed by atoms with E-state index in [4.69, 9.17) is 39.5 Å². The SMILES string of the molecule is CCOCn1c(-c2ccc(Cl)c(Cl)c2)c([N+](=O)[O-])c(-c2ccc(Cl)cc2)c1C(F)(F)F. The Morgan fingerprint density at radius 2 is 1.65 bits per heavy atom. The lowest BCUT2D eigenvalue weighted by molar-refractivity contribution is -0.383. The van der Waals surface area contributed by atoms with Crippen LogP contribution >= 0.6 is 34.8 Å². The van der Waals surface area contributed by atoms with Gasteiger partial charge < -0.3 is 9.30 Å². The Bertz CT molecular complexity index is 1130. The minimum absolute atomic E-state index is 0.0139. The van der Waals surface area contributed by atoms with E-state index >= 15 is 0 Å². The molecule has 0 unspecified atom stereocenters. The number of nitrogens with zero attached hydrogens (tertiary/aromatic N) is 2. The van der Waals surface area contributed by atoms with E-state index in [2.05, 4.69) is 0 Å². The third-order valence-electron chi connectivity index (χ3n) is 4.44. The average Bonchev–Trinajstić information content (AvgIpc) is 3.04. The van der Waals surface area contributed by atoms with E-state index in [1.54, 1.807) is 6.92 Å². The van der Waals surface area contributed by atoms with E-state index in [9.17, 15) is 23.3 Å². The van der Waals surface area contributed by atoms with Crippen molar-refractivity contribution in [2.75, 3.05) is 6.61 Å². The van der Waals surface area contributed by atoms with Gasteiger partial charge >= 0.3 is 11.9 Å². The fourth-order valence-electron chi connectivity index (χ4n) is 3.22. The molecule has 3 aromatic rings. The molecule has 3 rings (SSSR count). The van der Waals surface area contributed by atoms with Gasteiger partial charge in [-0.05, 0) is 36.8 Å². The largest absolute Gasteiger partial charge is 0.432 e. The topological polar surface area (TPSA) is 57.3 Å². The van der Waals surface area contributed by atoms with Crippen molar-refractivity contribution in [1.29, 1.82) is 0 Å². The molecular weight excluding hydrogens is 480 g/mol. The number of halogens is 6. The maximum absolute atomic E-state index is 14.2. The smallest absolute Gasteiger partial charge is 0.361 e. The zero-order chi connectivity index (χ0) is 22.9. The van der Waals surface area contributed by atoms with Gasteiger partial charge in [0.15, 0.2) is 0 Å². The number of hydrogen-bond acceptors (Lipinski definition) is 3.